The van der Waals surface area contributed by atoms with Gasteiger partial charge in [0.05, 0.1) is 8.07 Å². The Kier molecular flexibility index (Phi) is 9.54. The van der Waals surface area contributed by atoms with Gasteiger partial charge in [-0.15, -0.1) is 59.7 Å². The minimum absolute atomic E-state index is 0. The molecular formula is C37H36IrN2SSi-2. The van der Waals surface area contributed by atoms with Crippen molar-refractivity contribution in [3.05, 3.63) is 115 Å². The molecule has 0 bridgehead atoms. The number of pyridine rings is 2. The van der Waals surface area contributed by atoms with Crippen LogP contribution in [-0.2, 0) is 20.1 Å². The van der Waals surface area contributed by atoms with Crippen LogP contribution in [0.25, 0.3) is 42.7 Å². The molecule has 0 aliphatic heterocycles. The van der Waals surface area contributed by atoms with E-state index in [2.05, 4.69) is 91.5 Å². The first kappa shape index (κ1) is 30.5. The number of rotatable bonds is 4. The van der Waals surface area contributed by atoms with E-state index >= 15 is 0 Å². The Hall–Kier alpha value is -2.95. The first-order valence-corrected chi connectivity index (χ1v) is 18.9. The molecule has 0 amide bonds. The van der Waals surface area contributed by atoms with Gasteiger partial charge < -0.3 is 9.97 Å². The van der Waals surface area contributed by atoms with Crippen molar-refractivity contribution in [2.75, 3.05) is 0 Å². The second kappa shape index (κ2) is 13.1. The number of fused-ring (bicyclic) bond motifs is 3. The Bertz CT molecular complexity index is 1770. The van der Waals surface area contributed by atoms with E-state index in [0.717, 1.165) is 22.5 Å². The molecule has 0 unspecified atom stereocenters. The van der Waals surface area contributed by atoms with Crippen LogP contribution in [0.5, 0.6) is 0 Å². The second-order valence-corrected chi connectivity index (χ2v) is 18.2. The third kappa shape index (κ3) is 6.66. The summed E-state index contributed by atoms with van der Waals surface area (Å²) in [5, 5.41) is 4.22. The van der Waals surface area contributed by atoms with Crippen LogP contribution in [0.2, 0.25) is 19.6 Å². The van der Waals surface area contributed by atoms with Crippen LogP contribution in [0.15, 0.2) is 91.3 Å². The van der Waals surface area contributed by atoms with Crippen LogP contribution in [0.4, 0.5) is 0 Å². The van der Waals surface area contributed by atoms with Crippen molar-refractivity contribution >= 4 is 44.8 Å². The molecule has 1 aliphatic carbocycles. The zero-order chi connectivity index (χ0) is 28.4. The molecule has 3 aromatic carbocycles. The fourth-order valence-corrected chi connectivity index (χ4v) is 8.14. The van der Waals surface area contributed by atoms with E-state index in [-0.39, 0.29) is 20.1 Å². The van der Waals surface area contributed by atoms with Crippen molar-refractivity contribution in [1.82, 2.24) is 9.97 Å². The topological polar surface area (TPSA) is 25.8 Å². The van der Waals surface area contributed by atoms with Gasteiger partial charge in [0.1, 0.15) is 0 Å². The molecule has 215 valence electrons. The van der Waals surface area contributed by atoms with Crippen LogP contribution in [0, 0.1) is 19.1 Å². The average molecular weight is 761 g/mol. The predicted octanol–water partition coefficient (Wildman–Crippen LogP) is 9.97. The first-order chi connectivity index (χ1) is 19.9. The standard InChI is InChI=1S/C25H26NSSi.C12H10N.Ir/c1-28(2,3)19-12-13-20-21-9-6-10-22(25(21)27-24(20)15-19)23-14-11-18(16-26-23)17-7-4-5-8-17;1-10-7-8-12(13-9-10)11-5-3-2-4-6-11;/h6,9,11-17H,4-5,7-8H2,1-3H3;2-5,7-9H,1H3;/q2*-1;. The summed E-state index contributed by atoms with van der Waals surface area (Å²) in [6, 6.07) is 34.4. The van der Waals surface area contributed by atoms with E-state index in [1.54, 1.807) is 0 Å². The molecular weight excluding hydrogens is 725 g/mol. The Labute approximate surface area is 268 Å². The normalized spacial score (nSPS) is 13.5. The molecule has 2 nitrogen and oxygen atoms in total. The second-order valence-electron chi connectivity index (χ2n) is 12.1. The third-order valence-electron chi connectivity index (χ3n) is 8.06. The van der Waals surface area contributed by atoms with Crippen LogP contribution < -0.4 is 5.19 Å². The maximum Gasteiger partial charge on any atom is 0.0776 e. The molecule has 0 atom stereocenters. The number of aromatic nitrogens is 2. The summed E-state index contributed by atoms with van der Waals surface area (Å²) in [7, 11) is -1.31. The average Bonchev–Trinajstić information content (AvgIpc) is 3.66. The van der Waals surface area contributed by atoms with E-state index < -0.39 is 8.07 Å². The summed E-state index contributed by atoms with van der Waals surface area (Å²) in [6.07, 6.45) is 9.34. The Morgan fingerprint density at radius 2 is 1.57 bits per heavy atom. The molecule has 42 heavy (non-hydrogen) atoms. The van der Waals surface area contributed by atoms with Gasteiger partial charge >= 0.3 is 0 Å². The summed E-state index contributed by atoms with van der Waals surface area (Å²) >= 11 is 1.89. The van der Waals surface area contributed by atoms with Crippen molar-refractivity contribution in [3.8, 4) is 22.5 Å². The monoisotopic (exact) mass is 761 g/mol. The van der Waals surface area contributed by atoms with Gasteiger partial charge in [-0.05, 0) is 64.4 Å². The van der Waals surface area contributed by atoms with Crippen LogP contribution >= 0.6 is 11.3 Å². The molecule has 3 heterocycles. The molecule has 0 spiro atoms. The van der Waals surface area contributed by atoms with Crippen molar-refractivity contribution in [2.24, 2.45) is 0 Å². The zero-order valence-corrected chi connectivity index (χ0v) is 28.9. The van der Waals surface area contributed by atoms with Crippen LogP contribution in [0.1, 0.15) is 42.7 Å². The van der Waals surface area contributed by atoms with Gasteiger partial charge in [0.15, 0.2) is 0 Å². The first-order valence-electron chi connectivity index (χ1n) is 14.6. The van der Waals surface area contributed by atoms with Gasteiger partial charge in [0.2, 0.25) is 0 Å². The van der Waals surface area contributed by atoms with Gasteiger partial charge in [-0.2, -0.15) is 11.3 Å². The van der Waals surface area contributed by atoms with E-state index in [1.807, 2.05) is 54.8 Å². The Morgan fingerprint density at radius 1 is 0.786 bits per heavy atom. The number of thiophene rings is 1. The minimum atomic E-state index is -1.31. The number of hydrogen-bond donors (Lipinski definition) is 0. The van der Waals surface area contributed by atoms with E-state index in [1.165, 1.54) is 62.2 Å². The summed E-state index contributed by atoms with van der Waals surface area (Å²) in [5.41, 5.74) is 6.80. The molecule has 5 heteroatoms. The predicted molar refractivity (Wildman–Crippen MR) is 179 cm³/mol. The van der Waals surface area contributed by atoms with Gasteiger partial charge in [0, 0.05) is 37.2 Å². The fraction of sp³-hybridized carbons (Fsp3) is 0.243. The molecule has 6 aromatic rings. The van der Waals surface area contributed by atoms with Crippen molar-refractivity contribution in [1.29, 1.82) is 0 Å². The van der Waals surface area contributed by atoms with E-state index in [4.69, 9.17) is 4.98 Å². The third-order valence-corrected chi connectivity index (χ3v) is 11.3. The zero-order valence-electron chi connectivity index (χ0n) is 24.7. The number of aryl methyl sites for hydroxylation is 1. The van der Waals surface area contributed by atoms with Gasteiger partial charge in [0.25, 0.3) is 0 Å². The molecule has 1 aliphatic rings. The molecule has 0 N–H and O–H groups in total. The maximum atomic E-state index is 4.85. The Morgan fingerprint density at radius 3 is 2.24 bits per heavy atom. The maximum absolute atomic E-state index is 4.85. The van der Waals surface area contributed by atoms with E-state index in [9.17, 15) is 0 Å². The molecule has 1 saturated carbocycles. The number of nitrogens with zero attached hydrogens (tertiary/aromatic N) is 2. The quantitative estimate of drug-likeness (QED) is 0.132. The van der Waals surface area contributed by atoms with Crippen LogP contribution in [0.3, 0.4) is 0 Å². The number of benzene rings is 3. The molecule has 1 fully saturated rings. The SMILES string of the molecule is C[Si](C)(C)c1ccc2c(c1)sc1c(-c3ccc(C4CCCC4)cn3)[c-]ccc12.Cc1ccc(-c2[c-]cccc2)nc1.[Ir]. The molecule has 3 aromatic heterocycles. The largest absolute Gasteiger partial charge is 0.304 e. The van der Waals surface area contributed by atoms with Crippen molar-refractivity contribution < 1.29 is 20.1 Å². The van der Waals surface area contributed by atoms with Gasteiger partial charge in [-0.3, -0.25) is 0 Å². The van der Waals surface area contributed by atoms with Crippen LogP contribution in [-0.4, -0.2) is 18.0 Å². The molecule has 7 rings (SSSR count). The number of hydrogen-bond acceptors (Lipinski definition) is 3. The molecule has 0 saturated heterocycles. The Balaban J connectivity index is 0.000000212. The summed E-state index contributed by atoms with van der Waals surface area (Å²) < 4.78 is 2.70. The van der Waals surface area contributed by atoms with Crippen molar-refractivity contribution in [2.45, 2.75) is 58.2 Å². The molecule has 1 radical (unpaired) electrons. The smallest absolute Gasteiger partial charge is 0.0776 e. The van der Waals surface area contributed by atoms with Gasteiger partial charge in [-0.25, -0.2) is 0 Å². The summed E-state index contributed by atoms with van der Waals surface area (Å²) in [5.74, 6) is 0.714. The van der Waals surface area contributed by atoms with E-state index in [0.29, 0.717) is 5.92 Å². The summed E-state index contributed by atoms with van der Waals surface area (Å²) in [6.45, 7) is 9.27. The fourth-order valence-electron chi connectivity index (χ4n) is 5.63. The minimum Gasteiger partial charge on any atom is -0.304 e. The van der Waals surface area contributed by atoms with Crippen molar-refractivity contribution in [3.63, 3.8) is 0 Å². The van der Waals surface area contributed by atoms with Gasteiger partial charge in [-0.1, -0.05) is 79.5 Å². The summed E-state index contributed by atoms with van der Waals surface area (Å²) in [4.78, 5) is 9.17.